The first-order valence-electron chi connectivity index (χ1n) is 8.32. The zero-order valence-electron chi connectivity index (χ0n) is 14.1. The Bertz CT molecular complexity index is 427. The van der Waals surface area contributed by atoms with Gasteiger partial charge in [-0.15, -0.1) is 0 Å². The maximum Gasteiger partial charge on any atom is 0.398 e. The van der Waals surface area contributed by atoms with Gasteiger partial charge in [-0.25, -0.2) is 0 Å². The predicted octanol–water partition coefficient (Wildman–Crippen LogP) is 4.52. The van der Waals surface area contributed by atoms with E-state index < -0.39 is 11.6 Å². The molecule has 0 saturated carbocycles. The predicted molar refractivity (Wildman–Crippen MR) is 89.2 cm³/mol. The van der Waals surface area contributed by atoms with Crippen LogP contribution in [0.4, 0.5) is 13.2 Å². The van der Waals surface area contributed by atoms with Crippen LogP contribution in [0.15, 0.2) is 30.3 Å². The van der Waals surface area contributed by atoms with Gasteiger partial charge in [0.15, 0.2) is 0 Å². The van der Waals surface area contributed by atoms with Crippen LogP contribution in [0.5, 0.6) is 0 Å². The minimum absolute atomic E-state index is 0.0704. The monoisotopic (exact) mass is 330 g/mol. The molecule has 132 valence electrons. The molecule has 0 fully saturated rings. The number of hydrogen-bond donors (Lipinski definition) is 2. The van der Waals surface area contributed by atoms with E-state index in [0.29, 0.717) is 31.2 Å². The van der Waals surface area contributed by atoms with E-state index in [2.05, 4.69) is 0 Å². The topological polar surface area (TPSA) is 52.0 Å². The van der Waals surface area contributed by atoms with Gasteiger partial charge in [-0.05, 0) is 45.1 Å². The number of halogens is 3. The molecule has 2 unspecified atom stereocenters. The van der Waals surface area contributed by atoms with Crippen LogP contribution >= 0.6 is 0 Å². The molecule has 1 aromatic rings. The summed E-state index contributed by atoms with van der Waals surface area (Å²) in [4.78, 5) is 0. The van der Waals surface area contributed by atoms with E-state index in [9.17, 15) is 13.2 Å². The molecular formula is C18H29F3N2. The summed E-state index contributed by atoms with van der Waals surface area (Å²) in [6.07, 6.45) is -2.03. The summed E-state index contributed by atoms with van der Waals surface area (Å²) in [5.41, 5.74) is 9.96. The highest BCUT2D eigenvalue weighted by atomic mass is 19.4. The lowest BCUT2D eigenvalue weighted by Crippen LogP contribution is -2.43. The van der Waals surface area contributed by atoms with Gasteiger partial charge < -0.3 is 11.5 Å². The molecule has 0 heterocycles. The Kier molecular flexibility index (Phi) is 7.55. The van der Waals surface area contributed by atoms with Gasteiger partial charge in [0, 0.05) is 12.1 Å². The Morgan fingerprint density at radius 1 is 0.870 bits per heavy atom. The molecule has 0 aliphatic heterocycles. The van der Waals surface area contributed by atoms with Crippen LogP contribution in [0.3, 0.4) is 0 Å². The maximum atomic E-state index is 14.0. The molecule has 5 heteroatoms. The Hall–Kier alpha value is -1.07. The van der Waals surface area contributed by atoms with Crippen molar-refractivity contribution in [1.82, 2.24) is 0 Å². The van der Waals surface area contributed by atoms with Crippen molar-refractivity contribution in [3.05, 3.63) is 35.9 Å². The minimum atomic E-state index is -4.29. The molecule has 1 rings (SSSR count). The van der Waals surface area contributed by atoms with Crippen molar-refractivity contribution >= 4 is 0 Å². The first kappa shape index (κ1) is 20.0. The largest absolute Gasteiger partial charge is 0.398 e. The van der Waals surface area contributed by atoms with Gasteiger partial charge in [0.1, 0.15) is 0 Å². The molecular weight excluding hydrogens is 301 g/mol. The van der Waals surface area contributed by atoms with Gasteiger partial charge in [-0.3, -0.25) is 0 Å². The summed E-state index contributed by atoms with van der Waals surface area (Å²) in [6, 6.07) is 8.10. The summed E-state index contributed by atoms with van der Waals surface area (Å²) in [5.74, 6) is 0. The SMILES string of the molecule is CC(N)CCCC(CCCC(C)N)(c1ccccc1)C(F)(F)F. The highest BCUT2D eigenvalue weighted by Crippen LogP contribution is 2.48. The van der Waals surface area contributed by atoms with Crippen molar-refractivity contribution in [3.63, 3.8) is 0 Å². The Labute approximate surface area is 137 Å². The first-order chi connectivity index (χ1) is 10.7. The van der Waals surface area contributed by atoms with Crippen LogP contribution in [-0.4, -0.2) is 18.3 Å². The summed E-state index contributed by atoms with van der Waals surface area (Å²) in [6.45, 7) is 3.65. The van der Waals surface area contributed by atoms with E-state index in [-0.39, 0.29) is 24.9 Å². The number of alkyl halides is 3. The van der Waals surface area contributed by atoms with Crippen molar-refractivity contribution < 1.29 is 13.2 Å². The fourth-order valence-electron chi connectivity index (χ4n) is 3.07. The van der Waals surface area contributed by atoms with E-state index >= 15 is 0 Å². The normalized spacial score (nSPS) is 17.5. The molecule has 0 aliphatic carbocycles. The Morgan fingerprint density at radius 2 is 1.30 bits per heavy atom. The molecule has 23 heavy (non-hydrogen) atoms. The number of nitrogens with two attached hydrogens (primary N) is 2. The van der Waals surface area contributed by atoms with Crippen LogP contribution in [-0.2, 0) is 5.41 Å². The highest BCUT2D eigenvalue weighted by molar-refractivity contribution is 5.27. The third kappa shape index (κ3) is 5.81. The second-order valence-electron chi connectivity index (χ2n) is 6.68. The second-order valence-corrected chi connectivity index (χ2v) is 6.68. The molecule has 0 radical (unpaired) electrons. The third-order valence-electron chi connectivity index (χ3n) is 4.40. The van der Waals surface area contributed by atoms with Crippen LogP contribution in [0, 0.1) is 0 Å². The average Bonchev–Trinajstić information content (AvgIpc) is 2.44. The van der Waals surface area contributed by atoms with Crippen molar-refractivity contribution in [2.45, 2.75) is 76.0 Å². The lowest BCUT2D eigenvalue weighted by Gasteiger charge is -2.37. The standard InChI is InChI=1S/C18H29F3N2/c1-14(22)8-6-12-17(18(19,20)21,13-7-9-15(2)23)16-10-4-3-5-11-16/h3-5,10-11,14-15H,6-9,12-13,22-23H2,1-2H3. The molecule has 4 N–H and O–H groups in total. The van der Waals surface area contributed by atoms with Crippen LogP contribution in [0.1, 0.15) is 57.9 Å². The first-order valence-corrected chi connectivity index (χ1v) is 8.32. The van der Waals surface area contributed by atoms with Crippen molar-refractivity contribution in [2.24, 2.45) is 11.5 Å². The van der Waals surface area contributed by atoms with Gasteiger partial charge in [0.25, 0.3) is 0 Å². The van der Waals surface area contributed by atoms with E-state index in [1.165, 1.54) is 0 Å². The number of hydrogen-bond acceptors (Lipinski definition) is 2. The molecule has 2 atom stereocenters. The second kappa shape index (κ2) is 8.69. The van der Waals surface area contributed by atoms with Gasteiger partial charge in [0.2, 0.25) is 0 Å². The molecule has 0 aliphatic rings. The van der Waals surface area contributed by atoms with E-state index in [0.717, 1.165) is 0 Å². The van der Waals surface area contributed by atoms with Gasteiger partial charge in [-0.2, -0.15) is 13.2 Å². The minimum Gasteiger partial charge on any atom is -0.328 e. The lowest BCUT2D eigenvalue weighted by atomic mass is 9.71. The van der Waals surface area contributed by atoms with Crippen LogP contribution in [0.2, 0.25) is 0 Å². The van der Waals surface area contributed by atoms with Gasteiger partial charge in [0.05, 0.1) is 5.41 Å². The van der Waals surface area contributed by atoms with Crippen molar-refractivity contribution in [2.75, 3.05) is 0 Å². The number of rotatable bonds is 9. The molecule has 0 aromatic heterocycles. The molecule has 0 amide bonds. The quantitative estimate of drug-likeness (QED) is 0.699. The molecule has 2 nitrogen and oxygen atoms in total. The van der Waals surface area contributed by atoms with E-state index in [1.54, 1.807) is 30.3 Å². The van der Waals surface area contributed by atoms with Crippen molar-refractivity contribution in [1.29, 1.82) is 0 Å². The van der Waals surface area contributed by atoms with E-state index in [1.807, 2.05) is 13.8 Å². The average molecular weight is 330 g/mol. The lowest BCUT2D eigenvalue weighted by molar-refractivity contribution is -0.196. The summed E-state index contributed by atoms with van der Waals surface area (Å²) in [5, 5.41) is 0. The molecule has 0 bridgehead atoms. The molecule has 1 aromatic carbocycles. The van der Waals surface area contributed by atoms with Gasteiger partial charge >= 0.3 is 6.18 Å². The highest BCUT2D eigenvalue weighted by Gasteiger charge is 2.54. The smallest absolute Gasteiger partial charge is 0.328 e. The zero-order valence-corrected chi connectivity index (χ0v) is 14.1. The van der Waals surface area contributed by atoms with Crippen molar-refractivity contribution in [3.8, 4) is 0 Å². The fraction of sp³-hybridized carbons (Fsp3) is 0.667. The summed E-state index contributed by atoms with van der Waals surface area (Å²) < 4.78 is 42.1. The summed E-state index contributed by atoms with van der Waals surface area (Å²) >= 11 is 0. The van der Waals surface area contributed by atoms with Crippen LogP contribution in [0.25, 0.3) is 0 Å². The van der Waals surface area contributed by atoms with Gasteiger partial charge in [-0.1, -0.05) is 43.2 Å². The Balaban J connectivity index is 3.07. The zero-order chi connectivity index (χ0) is 17.5. The molecule has 0 spiro atoms. The van der Waals surface area contributed by atoms with Crippen LogP contribution < -0.4 is 11.5 Å². The summed E-state index contributed by atoms with van der Waals surface area (Å²) in [7, 11) is 0. The fourth-order valence-corrected chi connectivity index (χ4v) is 3.07. The van der Waals surface area contributed by atoms with E-state index in [4.69, 9.17) is 11.5 Å². The maximum absolute atomic E-state index is 14.0. The third-order valence-corrected chi connectivity index (χ3v) is 4.40. The Morgan fingerprint density at radius 3 is 1.65 bits per heavy atom. The number of benzene rings is 1. The molecule has 0 saturated heterocycles.